The number of anilines is 2. The zero-order valence-corrected chi connectivity index (χ0v) is 21.3. The van der Waals surface area contributed by atoms with Gasteiger partial charge in [-0.2, -0.15) is 0 Å². The molecule has 0 aliphatic carbocycles. The SMILES string of the molecule is CC(Sc1cccc(NC(=O)c2ccccc2C(=O)O)c1)C(=O)Nc1nc(-c2ccccc2Cl)cs1. The maximum Gasteiger partial charge on any atom is 0.336 e. The average Bonchev–Trinajstić information content (AvgIpc) is 3.32. The number of carboxylic acids is 1. The molecule has 0 radical (unpaired) electrons. The molecule has 10 heteroatoms. The van der Waals surface area contributed by atoms with Crippen molar-refractivity contribution in [2.75, 3.05) is 10.6 Å². The number of carbonyl (C=O) groups is 3. The third-order valence-corrected chi connectivity index (χ3v) is 7.24. The lowest BCUT2D eigenvalue weighted by Gasteiger charge is -2.12. The molecular formula is C26H20ClN3O4S2. The molecule has 7 nitrogen and oxygen atoms in total. The summed E-state index contributed by atoms with van der Waals surface area (Å²) in [6, 6.07) is 20.4. The fourth-order valence-corrected chi connectivity index (χ4v) is 5.17. The Labute approximate surface area is 220 Å². The summed E-state index contributed by atoms with van der Waals surface area (Å²) >= 11 is 8.87. The Bertz CT molecular complexity index is 1440. The van der Waals surface area contributed by atoms with E-state index in [1.807, 2.05) is 29.6 Å². The van der Waals surface area contributed by atoms with Crippen LogP contribution in [-0.4, -0.2) is 33.1 Å². The third kappa shape index (κ3) is 6.12. The van der Waals surface area contributed by atoms with Crippen LogP contribution in [0.5, 0.6) is 0 Å². The first kappa shape index (κ1) is 25.4. The molecule has 3 aromatic carbocycles. The number of hydrogen-bond acceptors (Lipinski definition) is 6. The third-order valence-electron chi connectivity index (χ3n) is 5.06. The molecule has 0 aliphatic rings. The van der Waals surface area contributed by atoms with Gasteiger partial charge in [0.25, 0.3) is 5.91 Å². The maximum atomic E-state index is 12.8. The van der Waals surface area contributed by atoms with Gasteiger partial charge >= 0.3 is 5.97 Å². The summed E-state index contributed by atoms with van der Waals surface area (Å²) in [6.45, 7) is 1.77. The summed E-state index contributed by atoms with van der Waals surface area (Å²) in [7, 11) is 0. The predicted molar refractivity (Wildman–Crippen MR) is 144 cm³/mol. The molecule has 1 atom stereocenters. The number of rotatable bonds is 8. The van der Waals surface area contributed by atoms with E-state index in [9.17, 15) is 19.5 Å². The van der Waals surface area contributed by atoms with E-state index in [0.29, 0.717) is 21.5 Å². The molecule has 2 amide bonds. The highest BCUT2D eigenvalue weighted by atomic mass is 35.5. The van der Waals surface area contributed by atoms with Gasteiger partial charge in [-0.15, -0.1) is 23.1 Å². The lowest BCUT2D eigenvalue weighted by molar-refractivity contribution is -0.115. The van der Waals surface area contributed by atoms with E-state index in [4.69, 9.17) is 11.6 Å². The van der Waals surface area contributed by atoms with Crippen LogP contribution in [0.15, 0.2) is 83.1 Å². The number of aromatic nitrogens is 1. The first-order chi connectivity index (χ1) is 17.3. The van der Waals surface area contributed by atoms with Crippen molar-refractivity contribution in [2.45, 2.75) is 17.1 Å². The number of carboxylic acid groups (broad SMARTS) is 1. The molecule has 0 saturated carbocycles. The van der Waals surface area contributed by atoms with Gasteiger partial charge in [0.1, 0.15) is 0 Å². The van der Waals surface area contributed by atoms with E-state index in [2.05, 4.69) is 15.6 Å². The molecule has 0 fully saturated rings. The molecule has 1 unspecified atom stereocenters. The van der Waals surface area contributed by atoms with Gasteiger partial charge in [0.2, 0.25) is 5.91 Å². The normalized spacial score (nSPS) is 11.5. The number of hydrogen-bond donors (Lipinski definition) is 3. The van der Waals surface area contributed by atoms with Crippen LogP contribution < -0.4 is 10.6 Å². The lowest BCUT2D eigenvalue weighted by Crippen LogP contribution is -2.22. The van der Waals surface area contributed by atoms with E-state index >= 15 is 0 Å². The molecule has 0 spiro atoms. The van der Waals surface area contributed by atoms with Crippen molar-refractivity contribution in [1.29, 1.82) is 0 Å². The zero-order valence-electron chi connectivity index (χ0n) is 18.9. The first-order valence-corrected chi connectivity index (χ1v) is 12.9. The van der Waals surface area contributed by atoms with Crippen molar-refractivity contribution in [1.82, 2.24) is 4.98 Å². The van der Waals surface area contributed by atoms with E-state index in [1.54, 1.807) is 43.3 Å². The molecule has 0 bridgehead atoms. The highest BCUT2D eigenvalue weighted by Gasteiger charge is 2.19. The van der Waals surface area contributed by atoms with Crippen molar-refractivity contribution in [3.8, 4) is 11.3 Å². The standard InChI is InChI=1S/C26H20ClN3O4S2/c1-15(23(31)30-26-29-22(14-35-26)20-11-4-5-12-21(20)27)36-17-8-6-7-16(13-17)28-24(32)18-9-2-3-10-19(18)25(33)34/h2-15H,1H3,(H,28,32)(H,33,34)(H,29,30,31). The number of carbonyl (C=O) groups excluding carboxylic acids is 2. The van der Waals surface area contributed by atoms with Crippen LogP contribution in [0.2, 0.25) is 5.02 Å². The number of thiazole rings is 1. The molecule has 0 saturated heterocycles. The Balaban J connectivity index is 1.39. The van der Waals surface area contributed by atoms with Crippen molar-refractivity contribution < 1.29 is 19.5 Å². The van der Waals surface area contributed by atoms with Crippen molar-refractivity contribution in [3.05, 3.63) is 94.3 Å². The summed E-state index contributed by atoms with van der Waals surface area (Å²) in [5.74, 6) is -1.92. The lowest BCUT2D eigenvalue weighted by atomic mass is 10.1. The topological polar surface area (TPSA) is 108 Å². The van der Waals surface area contributed by atoms with Gasteiger partial charge in [-0.3, -0.25) is 9.59 Å². The Kier molecular flexibility index (Phi) is 8.04. The number of thioether (sulfide) groups is 1. The smallest absolute Gasteiger partial charge is 0.336 e. The van der Waals surface area contributed by atoms with E-state index < -0.39 is 17.1 Å². The number of halogens is 1. The highest BCUT2D eigenvalue weighted by molar-refractivity contribution is 8.00. The number of nitrogens with one attached hydrogen (secondary N) is 2. The summed E-state index contributed by atoms with van der Waals surface area (Å²) in [5.41, 5.74) is 1.96. The summed E-state index contributed by atoms with van der Waals surface area (Å²) < 4.78 is 0. The van der Waals surface area contributed by atoms with Crippen molar-refractivity contribution in [2.24, 2.45) is 0 Å². The van der Waals surface area contributed by atoms with Crippen LogP contribution in [0, 0.1) is 0 Å². The molecule has 1 aromatic heterocycles. The maximum absolute atomic E-state index is 12.8. The number of benzene rings is 3. The minimum absolute atomic E-state index is 0.0652. The molecule has 182 valence electrons. The van der Waals surface area contributed by atoms with Gasteiger partial charge in [-0.05, 0) is 43.3 Å². The fraction of sp³-hybridized carbons (Fsp3) is 0.0769. The Morgan fingerprint density at radius 2 is 1.69 bits per heavy atom. The van der Waals surface area contributed by atoms with Crippen LogP contribution in [0.4, 0.5) is 10.8 Å². The zero-order chi connectivity index (χ0) is 25.7. The largest absolute Gasteiger partial charge is 0.478 e. The van der Waals surface area contributed by atoms with Crippen LogP contribution in [0.25, 0.3) is 11.3 Å². The van der Waals surface area contributed by atoms with Crippen LogP contribution in [0.3, 0.4) is 0 Å². The quantitative estimate of drug-likeness (QED) is 0.220. The molecule has 4 rings (SSSR count). The van der Waals surface area contributed by atoms with Gasteiger partial charge in [-0.1, -0.05) is 48.0 Å². The second kappa shape index (κ2) is 11.4. The number of aromatic carboxylic acids is 1. The van der Waals surface area contributed by atoms with Crippen LogP contribution in [-0.2, 0) is 4.79 Å². The summed E-state index contributed by atoms with van der Waals surface area (Å²) in [6.07, 6.45) is 0. The Morgan fingerprint density at radius 3 is 2.44 bits per heavy atom. The van der Waals surface area contributed by atoms with Gasteiger partial charge in [0.05, 0.1) is 22.1 Å². The average molecular weight is 538 g/mol. The Morgan fingerprint density at radius 1 is 0.972 bits per heavy atom. The molecule has 0 aliphatic heterocycles. The van der Waals surface area contributed by atoms with Crippen molar-refractivity contribution in [3.63, 3.8) is 0 Å². The van der Waals surface area contributed by atoms with E-state index in [0.717, 1.165) is 10.5 Å². The van der Waals surface area contributed by atoms with Gasteiger partial charge in [0.15, 0.2) is 5.13 Å². The van der Waals surface area contributed by atoms with Crippen LogP contribution in [0.1, 0.15) is 27.6 Å². The van der Waals surface area contributed by atoms with Gasteiger partial charge < -0.3 is 15.7 Å². The second-order valence-corrected chi connectivity index (χ2v) is 10.3. The minimum atomic E-state index is -1.18. The molecule has 36 heavy (non-hydrogen) atoms. The number of nitrogens with zero attached hydrogens (tertiary/aromatic N) is 1. The predicted octanol–water partition coefficient (Wildman–Crippen LogP) is 6.53. The van der Waals surface area contributed by atoms with Crippen molar-refractivity contribution >= 4 is 63.3 Å². The number of amides is 2. The van der Waals surface area contributed by atoms with Gasteiger partial charge in [-0.25, -0.2) is 9.78 Å². The summed E-state index contributed by atoms with van der Waals surface area (Å²) in [4.78, 5) is 42.1. The Hall–Kier alpha value is -3.66. The first-order valence-electron chi connectivity index (χ1n) is 10.7. The molecule has 1 heterocycles. The minimum Gasteiger partial charge on any atom is -0.478 e. The second-order valence-electron chi connectivity index (χ2n) is 7.60. The fourth-order valence-electron chi connectivity index (χ4n) is 3.30. The van der Waals surface area contributed by atoms with E-state index in [1.165, 1.54) is 35.2 Å². The van der Waals surface area contributed by atoms with Crippen LogP contribution >= 0.6 is 34.7 Å². The summed E-state index contributed by atoms with van der Waals surface area (Å²) in [5, 5.41) is 17.3. The molecular weight excluding hydrogens is 518 g/mol. The molecule has 3 N–H and O–H groups in total. The monoisotopic (exact) mass is 537 g/mol. The highest BCUT2D eigenvalue weighted by Crippen LogP contribution is 2.31. The molecule has 4 aromatic rings. The van der Waals surface area contributed by atoms with E-state index in [-0.39, 0.29) is 17.0 Å². The van der Waals surface area contributed by atoms with Gasteiger partial charge in [0, 0.05) is 26.5 Å².